The quantitative estimate of drug-likeness (QED) is 0.272. The number of anilines is 1. The number of benzene rings is 1. The monoisotopic (exact) mass is 196 g/mol. The van der Waals surface area contributed by atoms with Gasteiger partial charge in [-0.05, 0) is 30.7 Å². The van der Waals surface area contributed by atoms with Crippen LogP contribution in [0.15, 0.2) is 23.2 Å². The first kappa shape index (κ1) is 10.5. The molecule has 0 radical (unpaired) electrons. The maximum Gasteiger partial charge on any atom is 0.209 e. The fraction of sp³-hybridized carbons (Fsp3) is 0.222. The van der Waals surface area contributed by atoms with Crippen LogP contribution < -0.4 is 16.6 Å². The first-order valence-electron chi connectivity index (χ1n) is 4.14. The van der Waals surface area contributed by atoms with Crippen molar-refractivity contribution in [2.75, 3.05) is 12.4 Å². The van der Waals surface area contributed by atoms with Crippen LogP contribution in [0.25, 0.3) is 0 Å². The van der Waals surface area contributed by atoms with Crippen molar-refractivity contribution in [3.63, 3.8) is 0 Å². The first-order valence-corrected chi connectivity index (χ1v) is 4.14. The van der Waals surface area contributed by atoms with Gasteiger partial charge < -0.3 is 5.32 Å². The highest BCUT2D eigenvalue weighted by molar-refractivity contribution is 5.93. The summed E-state index contributed by atoms with van der Waals surface area (Å²) in [4.78, 5) is 3.83. The molecule has 0 spiro atoms. The van der Waals surface area contributed by atoms with Crippen LogP contribution in [0.4, 0.5) is 10.1 Å². The molecule has 4 N–H and O–H groups in total. The van der Waals surface area contributed by atoms with E-state index in [-0.39, 0.29) is 5.82 Å². The van der Waals surface area contributed by atoms with Crippen molar-refractivity contribution in [3.8, 4) is 0 Å². The molecular weight excluding hydrogens is 183 g/mol. The molecule has 0 saturated carbocycles. The highest BCUT2D eigenvalue weighted by Gasteiger charge is 2.00. The van der Waals surface area contributed by atoms with Gasteiger partial charge in [0.05, 0.1) is 0 Å². The molecule has 0 aliphatic heterocycles. The summed E-state index contributed by atoms with van der Waals surface area (Å²) in [5.41, 5.74) is 3.69. The molecule has 4 nitrogen and oxygen atoms in total. The van der Waals surface area contributed by atoms with Crippen LogP contribution >= 0.6 is 0 Å². The van der Waals surface area contributed by atoms with Crippen molar-refractivity contribution in [1.29, 1.82) is 0 Å². The number of guanidine groups is 1. The van der Waals surface area contributed by atoms with E-state index in [9.17, 15) is 4.39 Å². The Kier molecular flexibility index (Phi) is 3.41. The van der Waals surface area contributed by atoms with Crippen LogP contribution in [0.1, 0.15) is 5.56 Å². The number of aliphatic imine (C=N–C) groups is 1. The summed E-state index contributed by atoms with van der Waals surface area (Å²) in [5.74, 6) is 5.38. The van der Waals surface area contributed by atoms with E-state index in [1.165, 1.54) is 6.07 Å². The van der Waals surface area contributed by atoms with Crippen LogP contribution in [-0.2, 0) is 0 Å². The first-order chi connectivity index (χ1) is 6.67. The molecule has 0 heterocycles. The van der Waals surface area contributed by atoms with E-state index in [2.05, 4.69) is 15.7 Å². The molecule has 0 aliphatic rings. The standard InChI is InChI=1S/C9H13FN4/c1-6-5-7(3-4-8(6)10)13-9(12-2)14-11/h3-5H,11H2,1-2H3,(H2,12,13,14). The predicted molar refractivity (Wildman–Crippen MR) is 55.4 cm³/mol. The van der Waals surface area contributed by atoms with E-state index in [1.54, 1.807) is 26.1 Å². The van der Waals surface area contributed by atoms with Gasteiger partial charge in [-0.15, -0.1) is 0 Å². The summed E-state index contributed by atoms with van der Waals surface area (Å²) in [5, 5.41) is 2.89. The van der Waals surface area contributed by atoms with E-state index in [4.69, 9.17) is 5.84 Å². The Bertz CT molecular complexity index is 349. The van der Waals surface area contributed by atoms with Gasteiger partial charge in [0, 0.05) is 12.7 Å². The summed E-state index contributed by atoms with van der Waals surface area (Å²) in [6, 6.07) is 4.68. The van der Waals surface area contributed by atoms with Crippen molar-refractivity contribution in [3.05, 3.63) is 29.6 Å². The zero-order valence-corrected chi connectivity index (χ0v) is 8.13. The molecular formula is C9H13FN4. The molecule has 14 heavy (non-hydrogen) atoms. The number of halogens is 1. The summed E-state index contributed by atoms with van der Waals surface area (Å²) in [6.07, 6.45) is 0. The third-order valence-electron chi connectivity index (χ3n) is 1.78. The maximum atomic E-state index is 12.9. The molecule has 0 saturated heterocycles. The topological polar surface area (TPSA) is 62.4 Å². The lowest BCUT2D eigenvalue weighted by Gasteiger charge is -2.08. The molecule has 0 amide bonds. The van der Waals surface area contributed by atoms with Crippen molar-refractivity contribution >= 4 is 11.6 Å². The summed E-state index contributed by atoms with van der Waals surface area (Å²) < 4.78 is 12.9. The van der Waals surface area contributed by atoms with Crippen molar-refractivity contribution in [2.24, 2.45) is 10.8 Å². The molecule has 0 aromatic heterocycles. The van der Waals surface area contributed by atoms with Gasteiger partial charge in [-0.1, -0.05) is 0 Å². The number of hydrogen-bond acceptors (Lipinski definition) is 2. The maximum absolute atomic E-state index is 12.9. The van der Waals surface area contributed by atoms with Crippen molar-refractivity contribution in [2.45, 2.75) is 6.92 Å². The lowest BCUT2D eigenvalue weighted by molar-refractivity contribution is 0.619. The number of rotatable bonds is 1. The Labute approximate surface area is 82.0 Å². The molecule has 76 valence electrons. The van der Waals surface area contributed by atoms with E-state index < -0.39 is 0 Å². The number of nitrogens with two attached hydrogens (primary N) is 1. The molecule has 0 bridgehead atoms. The highest BCUT2D eigenvalue weighted by atomic mass is 19.1. The van der Waals surface area contributed by atoms with Gasteiger partial charge in [0.2, 0.25) is 5.96 Å². The Morgan fingerprint density at radius 3 is 2.71 bits per heavy atom. The summed E-state index contributed by atoms with van der Waals surface area (Å²) in [7, 11) is 1.60. The largest absolute Gasteiger partial charge is 0.325 e. The number of hydrogen-bond donors (Lipinski definition) is 3. The minimum absolute atomic E-state index is 0.230. The van der Waals surface area contributed by atoms with Gasteiger partial charge in [-0.25, -0.2) is 10.2 Å². The minimum atomic E-state index is -0.230. The fourth-order valence-electron chi connectivity index (χ4n) is 1.02. The normalized spacial score (nSPS) is 11.3. The van der Waals surface area contributed by atoms with E-state index in [1.807, 2.05) is 0 Å². The van der Waals surface area contributed by atoms with Gasteiger partial charge in [0.1, 0.15) is 5.82 Å². The predicted octanol–water partition coefficient (Wildman–Crippen LogP) is 0.995. The third kappa shape index (κ3) is 2.43. The van der Waals surface area contributed by atoms with Gasteiger partial charge >= 0.3 is 0 Å². The Hall–Kier alpha value is -1.62. The number of aryl methyl sites for hydroxylation is 1. The summed E-state index contributed by atoms with van der Waals surface area (Å²) in [6.45, 7) is 1.69. The zero-order chi connectivity index (χ0) is 10.6. The van der Waals surface area contributed by atoms with Crippen LogP contribution in [0, 0.1) is 12.7 Å². The molecule has 0 aliphatic carbocycles. The number of nitrogens with one attached hydrogen (secondary N) is 2. The Balaban J connectivity index is 2.82. The zero-order valence-electron chi connectivity index (χ0n) is 8.13. The van der Waals surface area contributed by atoms with Crippen LogP contribution in [0.5, 0.6) is 0 Å². The molecule has 1 aromatic carbocycles. The number of nitrogens with zero attached hydrogens (tertiary/aromatic N) is 1. The molecule has 0 fully saturated rings. The summed E-state index contributed by atoms with van der Waals surface area (Å²) >= 11 is 0. The molecule has 1 aromatic rings. The Morgan fingerprint density at radius 2 is 2.21 bits per heavy atom. The van der Waals surface area contributed by atoms with Gasteiger partial charge in [0.15, 0.2) is 0 Å². The van der Waals surface area contributed by atoms with Crippen LogP contribution in [0.3, 0.4) is 0 Å². The number of hydrazine groups is 1. The lowest BCUT2D eigenvalue weighted by atomic mass is 10.2. The lowest BCUT2D eigenvalue weighted by Crippen LogP contribution is -2.36. The van der Waals surface area contributed by atoms with Gasteiger partial charge in [-0.3, -0.25) is 10.4 Å². The average molecular weight is 196 g/mol. The second-order valence-electron chi connectivity index (χ2n) is 2.81. The molecule has 5 heteroatoms. The fourth-order valence-corrected chi connectivity index (χ4v) is 1.02. The van der Waals surface area contributed by atoms with Gasteiger partial charge in [-0.2, -0.15) is 0 Å². The van der Waals surface area contributed by atoms with E-state index in [0.717, 1.165) is 5.69 Å². The van der Waals surface area contributed by atoms with Crippen molar-refractivity contribution in [1.82, 2.24) is 5.43 Å². The highest BCUT2D eigenvalue weighted by Crippen LogP contribution is 2.13. The second kappa shape index (κ2) is 4.57. The Morgan fingerprint density at radius 1 is 1.50 bits per heavy atom. The van der Waals surface area contributed by atoms with Crippen LogP contribution in [-0.4, -0.2) is 13.0 Å². The molecule has 1 rings (SSSR count). The average Bonchev–Trinajstić information content (AvgIpc) is 2.19. The van der Waals surface area contributed by atoms with Crippen LogP contribution in [0.2, 0.25) is 0 Å². The van der Waals surface area contributed by atoms with E-state index >= 15 is 0 Å². The van der Waals surface area contributed by atoms with Crippen molar-refractivity contribution < 1.29 is 4.39 Å². The molecule has 0 unspecified atom stereocenters. The van der Waals surface area contributed by atoms with E-state index in [0.29, 0.717) is 11.5 Å². The smallest absolute Gasteiger partial charge is 0.209 e. The second-order valence-corrected chi connectivity index (χ2v) is 2.81. The third-order valence-corrected chi connectivity index (χ3v) is 1.78. The molecule has 0 atom stereocenters. The van der Waals surface area contributed by atoms with Gasteiger partial charge in [0.25, 0.3) is 0 Å². The SMILES string of the molecule is CN=C(NN)Nc1ccc(F)c(C)c1. The minimum Gasteiger partial charge on any atom is -0.325 e.